The number of para-hydroxylation sites is 2. The zero-order valence-electron chi connectivity index (χ0n) is 23.4. The molecule has 4 nitrogen and oxygen atoms in total. The summed E-state index contributed by atoms with van der Waals surface area (Å²) in [6, 6.07) is 30.3. The number of benzene rings is 4. The minimum absolute atomic E-state index is 0.0343. The first-order chi connectivity index (χ1) is 18.5. The van der Waals surface area contributed by atoms with Gasteiger partial charge in [0.2, 0.25) is 5.89 Å². The average Bonchev–Trinajstić information content (AvgIpc) is 3.35. The molecule has 0 aliphatic rings. The van der Waals surface area contributed by atoms with E-state index in [4.69, 9.17) is 19.7 Å². The zero-order chi connectivity index (χ0) is 27.8. The highest BCUT2D eigenvalue weighted by atomic mass is 16.3. The van der Waals surface area contributed by atoms with E-state index in [1.807, 2.05) is 72.9 Å². The Morgan fingerprint density at radius 2 is 1.41 bits per heavy atom. The molecule has 4 aromatic carbocycles. The van der Waals surface area contributed by atoms with E-state index in [1.54, 1.807) is 0 Å². The second-order valence-corrected chi connectivity index (χ2v) is 12.0. The summed E-state index contributed by atoms with van der Waals surface area (Å²) in [5.74, 6) is 0.526. The normalized spacial score (nSPS) is 12.2. The number of nitriles is 1. The van der Waals surface area contributed by atoms with E-state index in [-0.39, 0.29) is 10.8 Å². The van der Waals surface area contributed by atoms with Gasteiger partial charge in [0.05, 0.1) is 22.9 Å². The molecule has 194 valence electrons. The van der Waals surface area contributed by atoms with Crippen LogP contribution in [-0.2, 0) is 10.8 Å². The van der Waals surface area contributed by atoms with Gasteiger partial charge < -0.3 is 4.42 Å². The largest absolute Gasteiger partial charge is 0.436 e. The molecular formula is C35H33N3O. The van der Waals surface area contributed by atoms with Crippen LogP contribution in [0.4, 0.5) is 5.69 Å². The maximum absolute atomic E-state index is 9.15. The highest BCUT2D eigenvalue weighted by molar-refractivity contribution is 5.93. The molecule has 1 heterocycles. The van der Waals surface area contributed by atoms with Gasteiger partial charge in [0.15, 0.2) is 5.58 Å². The van der Waals surface area contributed by atoms with Gasteiger partial charge in [-0.05, 0) is 75.5 Å². The Bertz CT molecular complexity index is 1690. The van der Waals surface area contributed by atoms with E-state index in [1.165, 1.54) is 11.1 Å². The number of aliphatic imine (C=N–C) groups is 1. The van der Waals surface area contributed by atoms with Crippen LogP contribution in [0.1, 0.15) is 63.8 Å². The smallest absolute Gasteiger partial charge is 0.229 e. The van der Waals surface area contributed by atoms with E-state index in [2.05, 4.69) is 65.8 Å². The summed E-state index contributed by atoms with van der Waals surface area (Å²) in [7, 11) is 0. The van der Waals surface area contributed by atoms with Crippen molar-refractivity contribution >= 4 is 23.0 Å². The molecule has 39 heavy (non-hydrogen) atoms. The Labute approximate surface area is 230 Å². The first-order valence-corrected chi connectivity index (χ1v) is 13.2. The molecule has 0 saturated carbocycles. The highest BCUT2D eigenvalue weighted by Crippen LogP contribution is 2.36. The zero-order valence-corrected chi connectivity index (χ0v) is 23.4. The summed E-state index contributed by atoms with van der Waals surface area (Å²) >= 11 is 0. The molecule has 0 fully saturated rings. The molecular weight excluding hydrogens is 478 g/mol. The molecule has 0 N–H and O–H groups in total. The quantitative estimate of drug-likeness (QED) is 0.226. The van der Waals surface area contributed by atoms with Gasteiger partial charge in [0.25, 0.3) is 0 Å². The van der Waals surface area contributed by atoms with Crippen LogP contribution in [0.15, 0.2) is 94.3 Å². The highest BCUT2D eigenvalue weighted by Gasteiger charge is 2.20. The molecule has 0 unspecified atom stereocenters. The molecule has 0 spiro atoms. The predicted molar refractivity (Wildman–Crippen MR) is 161 cm³/mol. The van der Waals surface area contributed by atoms with Gasteiger partial charge in [0.1, 0.15) is 5.52 Å². The van der Waals surface area contributed by atoms with E-state index < -0.39 is 0 Å². The molecule has 0 amide bonds. The van der Waals surface area contributed by atoms with Crippen LogP contribution >= 0.6 is 0 Å². The minimum Gasteiger partial charge on any atom is -0.436 e. The first kappa shape index (κ1) is 26.1. The maximum atomic E-state index is 9.15. The predicted octanol–water partition coefficient (Wildman–Crippen LogP) is 9.38. The molecule has 0 aliphatic carbocycles. The lowest BCUT2D eigenvalue weighted by Gasteiger charge is -2.25. The SMILES string of the molecule is CC(C)(C)c1cc(C=Nc2ccccc2-c2nc3c(-c4ccc(C#N)cc4)cccc3o2)cc(C(C)(C)C)c1. The molecule has 0 radical (unpaired) electrons. The second kappa shape index (κ2) is 10.0. The average molecular weight is 512 g/mol. The third kappa shape index (κ3) is 5.54. The lowest BCUT2D eigenvalue weighted by molar-refractivity contribution is 0.568. The maximum Gasteiger partial charge on any atom is 0.229 e. The molecule has 5 rings (SSSR count). The summed E-state index contributed by atoms with van der Waals surface area (Å²) in [5.41, 5.74) is 9.41. The fourth-order valence-electron chi connectivity index (χ4n) is 4.52. The number of rotatable bonds is 4. The van der Waals surface area contributed by atoms with E-state index in [0.717, 1.165) is 33.5 Å². The number of fused-ring (bicyclic) bond motifs is 1. The fourth-order valence-corrected chi connectivity index (χ4v) is 4.52. The van der Waals surface area contributed by atoms with Crippen LogP contribution in [0.5, 0.6) is 0 Å². The number of oxazole rings is 1. The minimum atomic E-state index is 0.0343. The van der Waals surface area contributed by atoms with Gasteiger partial charge in [-0.2, -0.15) is 5.26 Å². The third-order valence-corrected chi connectivity index (χ3v) is 6.92. The van der Waals surface area contributed by atoms with Gasteiger partial charge in [0, 0.05) is 11.8 Å². The first-order valence-electron chi connectivity index (χ1n) is 13.2. The van der Waals surface area contributed by atoms with Crippen molar-refractivity contribution in [3.63, 3.8) is 0 Å². The Morgan fingerprint density at radius 1 is 0.769 bits per heavy atom. The summed E-state index contributed by atoms with van der Waals surface area (Å²) in [6.07, 6.45) is 1.94. The molecule has 1 aromatic heterocycles. The van der Waals surface area contributed by atoms with Crippen LogP contribution in [0.2, 0.25) is 0 Å². The summed E-state index contributed by atoms with van der Waals surface area (Å²) in [4.78, 5) is 9.82. The van der Waals surface area contributed by atoms with Crippen molar-refractivity contribution in [2.75, 3.05) is 0 Å². The van der Waals surface area contributed by atoms with Gasteiger partial charge in [-0.1, -0.05) is 84.0 Å². The van der Waals surface area contributed by atoms with E-state index in [0.29, 0.717) is 17.0 Å². The molecule has 4 heteroatoms. The number of nitrogens with zero attached hydrogens (tertiary/aromatic N) is 3. The fraction of sp³-hybridized carbons (Fsp3) is 0.229. The van der Waals surface area contributed by atoms with Crippen molar-refractivity contribution < 1.29 is 4.42 Å². The lowest BCUT2D eigenvalue weighted by Crippen LogP contribution is -2.17. The number of hydrogen-bond acceptors (Lipinski definition) is 4. The third-order valence-electron chi connectivity index (χ3n) is 6.92. The standard InChI is InChI=1S/C35H33N3O/c1-34(2,3)26-18-24(19-27(20-26)35(4,5)6)22-37-30-12-8-7-10-29(30)33-38-32-28(11-9-13-31(32)39-33)25-16-14-23(21-36)15-17-25/h7-20,22H,1-6H3. The van der Waals surface area contributed by atoms with Crippen molar-refractivity contribution in [3.05, 3.63) is 107 Å². The molecule has 5 aromatic rings. The lowest BCUT2D eigenvalue weighted by atomic mass is 9.79. The summed E-state index contributed by atoms with van der Waals surface area (Å²) in [5, 5.41) is 9.15. The van der Waals surface area contributed by atoms with Gasteiger partial charge >= 0.3 is 0 Å². The van der Waals surface area contributed by atoms with Crippen molar-refractivity contribution in [1.29, 1.82) is 5.26 Å². The molecule has 0 aliphatic heterocycles. The van der Waals surface area contributed by atoms with Gasteiger partial charge in [-0.15, -0.1) is 0 Å². The van der Waals surface area contributed by atoms with Crippen LogP contribution in [0.3, 0.4) is 0 Å². The Morgan fingerprint density at radius 3 is 2.05 bits per heavy atom. The van der Waals surface area contributed by atoms with E-state index in [9.17, 15) is 0 Å². The van der Waals surface area contributed by atoms with Crippen LogP contribution < -0.4 is 0 Å². The van der Waals surface area contributed by atoms with Crippen LogP contribution in [0, 0.1) is 11.3 Å². The van der Waals surface area contributed by atoms with Crippen LogP contribution in [-0.4, -0.2) is 11.2 Å². The molecule has 0 saturated heterocycles. The Hall–Kier alpha value is -4.49. The molecule has 0 atom stereocenters. The topological polar surface area (TPSA) is 62.2 Å². The monoisotopic (exact) mass is 511 g/mol. The van der Waals surface area contributed by atoms with Crippen molar-refractivity contribution in [3.8, 4) is 28.7 Å². The Kier molecular flexibility index (Phi) is 6.70. The Balaban J connectivity index is 1.56. The van der Waals surface area contributed by atoms with Crippen LogP contribution in [0.25, 0.3) is 33.7 Å². The van der Waals surface area contributed by atoms with Gasteiger partial charge in [-0.25, -0.2) is 4.98 Å². The van der Waals surface area contributed by atoms with Crippen molar-refractivity contribution in [2.24, 2.45) is 4.99 Å². The summed E-state index contributed by atoms with van der Waals surface area (Å²) in [6.45, 7) is 13.4. The number of aromatic nitrogens is 1. The second-order valence-electron chi connectivity index (χ2n) is 12.0. The number of hydrogen-bond donors (Lipinski definition) is 0. The van der Waals surface area contributed by atoms with Crippen molar-refractivity contribution in [1.82, 2.24) is 4.98 Å². The van der Waals surface area contributed by atoms with Gasteiger partial charge in [-0.3, -0.25) is 4.99 Å². The summed E-state index contributed by atoms with van der Waals surface area (Å²) < 4.78 is 6.24. The van der Waals surface area contributed by atoms with Crippen molar-refractivity contribution in [2.45, 2.75) is 52.4 Å². The van der Waals surface area contributed by atoms with E-state index >= 15 is 0 Å². The molecule has 0 bridgehead atoms.